The molecule has 0 saturated carbocycles. The molecule has 2 unspecified atom stereocenters. The van der Waals surface area contributed by atoms with E-state index >= 15 is 0 Å². The largest absolute Gasteiger partial charge is 0.374 e. The van der Waals surface area contributed by atoms with E-state index in [0.29, 0.717) is 5.92 Å². The Balaban J connectivity index is 2.62. The minimum Gasteiger partial charge on any atom is -0.374 e. The molecule has 82 valence electrons. The molecule has 1 rings (SSSR count). The summed E-state index contributed by atoms with van der Waals surface area (Å²) in [5, 5.41) is 0. The SMILES string of the molecule is COC(CC(C)c1ccccc1)C(C)=O. The average Bonchev–Trinajstić information content (AvgIpc) is 2.26. The highest BCUT2D eigenvalue weighted by Crippen LogP contribution is 2.21. The Hall–Kier alpha value is -1.15. The van der Waals surface area contributed by atoms with Gasteiger partial charge in [-0.05, 0) is 24.8 Å². The molecule has 0 saturated heterocycles. The Morgan fingerprint density at radius 3 is 2.40 bits per heavy atom. The molecule has 0 spiro atoms. The van der Waals surface area contributed by atoms with Gasteiger partial charge in [-0.3, -0.25) is 4.79 Å². The molecule has 0 bridgehead atoms. The van der Waals surface area contributed by atoms with Crippen molar-refractivity contribution in [2.45, 2.75) is 32.3 Å². The van der Waals surface area contributed by atoms with Crippen molar-refractivity contribution < 1.29 is 9.53 Å². The fraction of sp³-hybridized carbons (Fsp3) is 0.462. The van der Waals surface area contributed by atoms with Crippen molar-refractivity contribution >= 4 is 5.78 Å². The average molecular weight is 206 g/mol. The summed E-state index contributed by atoms with van der Waals surface area (Å²) in [5.41, 5.74) is 1.25. The first-order valence-electron chi connectivity index (χ1n) is 5.23. The Morgan fingerprint density at radius 2 is 1.93 bits per heavy atom. The van der Waals surface area contributed by atoms with E-state index in [1.165, 1.54) is 5.56 Å². The normalized spacial score (nSPS) is 14.6. The van der Waals surface area contributed by atoms with E-state index in [9.17, 15) is 4.79 Å². The van der Waals surface area contributed by atoms with Crippen molar-refractivity contribution in [3.63, 3.8) is 0 Å². The number of ether oxygens (including phenoxy) is 1. The van der Waals surface area contributed by atoms with Crippen LogP contribution in [0.2, 0.25) is 0 Å². The summed E-state index contributed by atoms with van der Waals surface area (Å²) in [6, 6.07) is 10.2. The minimum absolute atomic E-state index is 0.0975. The lowest BCUT2D eigenvalue weighted by molar-refractivity contribution is -0.127. The molecule has 2 heteroatoms. The van der Waals surface area contributed by atoms with Crippen LogP contribution in [0.25, 0.3) is 0 Å². The Labute approximate surface area is 91.3 Å². The van der Waals surface area contributed by atoms with E-state index in [2.05, 4.69) is 19.1 Å². The van der Waals surface area contributed by atoms with Gasteiger partial charge in [-0.25, -0.2) is 0 Å². The zero-order chi connectivity index (χ0) is 11.3. The van der Waals surface area contributed by atoms with Gasteiger partial charge in [-0.15, -0.1) is 0 Å². The van der Waals surface area contributed by atoms with Gasteiger partial charge in [-0.2, -0.15) is 0 Å². The molecule has 1 aromatic carbocycles. The molecule has 1 aromatic rings. The topological polar surface area (TPSA) is 26.3 Å². The van der Waals surface area contributed by atoms with Gasteiger partial charge >= 0.3 is 0 Å². The second-order valence-corrected chi connectivity index (χ2v) is 3.88. The number of rotatable bonds is 5. The second-order valence-electron chi connectivity index (χ2n) is 3.88. The van der Waals surface area contributed by atoms with Crippen LogP contribution in [0.15, 0.2) is 30.3 Å². The third-order valence-corrected chi connectivity index (χ3v) is 2.67. The lowest BCUT2D eigenvalue weighted by atomic mass is 9.94. The van der Waals surface area contributed by atoms with Gasteiger partial charge in [0.05, 0.1) is 0 Å². The van der Waals surface area contributed by atoms with Gasteiger partial charge in [0.15, 0.2) is 5.78 Å². The third-order valence-electron chi connectivity index (χ3n) is 2.67. The van der Waals surface area contributed by atoms with Crippen molar-refractivity contribution in [3.8, 4) is 0 Å². The molecule has 0 heterocycles. The first-order chi connectivity index (χ1) is 7.15. The molecule has 2 nitrogen and oxygen atoms in total. The predicted octanol–water partition coefficient (Wildman–Crippen LogP) is 2.78. The molecule has 0 aliphatic carbocycles. The van der Waals surface area contributed by atoms with Crippen molar-refractivity contribution in [1.82, 2.24) is 0 Å². The highest BCUT2D eigenvalue weighted by molar-refractivity contribution is 5.80. The second kappa shape index (κ2) is 5.66. The highest BCUT2D eigenvalue weighted by Gasteiger charge is 2.17. The Morgan fingerprint density at radius 1 is 1.33 bits per heavy atom. The van der Waals surface area contributed by atoms with Gasteiger partial charge in [0.2, 0.25) is 0 Å². The fourth-order valence-corrected chi connectivity index (χ4v) is 1.67. The molecule has 0 aromatic heterocycles. The predicted molar refractivity (Wildman–Crippen MR) is 61.0 cm³/mol. The van der Waals surface area contributed by atoms with E-state index in [4.69, 9.17) is 4.74 Å². The van der Waals surface area contributed by atoms with Crippen molar-refractivity contribution in [3.05, 3.63) is 35.9 Å². The quantitative estimate of drug-likeness (QED) is 0.740. The van der Waals surface area contributed by atoms with Crippen LogP contribution in [0.3, 0.4) is 0 Å². The number of hydrogen-bond acceptors (Lipinski definition) is 2. The van der Waals surface area contributed by atoms with Crippen molar-refractivity contribution in [1.29, 1.82) is 0 Å². The number of carbonyl (C=O) groups excluding carboxylic acids is 1. The van der Waals surface area contributed by atoms with Crippen LogP contribution in [0.1, 0.15) is 31.7 Å². The maximum Gasteiger partial charge on any atom is 0.158 e. The van der Waals surface area contributed by atoms with Crippen molar-refractivity contribution in [2.24, 2.45) is 0 Å². The first-order valence-corrected chi connectivity index (χ1v) is 5.23. The number of carbonyl (C=O) groups is 1. The number of methoxy groups -OCH3 is 1. The molecule has 0 N–H and O–H groups in total. The summed E-state index contributed by atoms with van der Waals surface area (Å²) >= 11 is 0. The smallest absolute Gasteiger partial charge is 0.158 e. The summed E-state index contributed by atoms with van der Waals surface area (Å²) in [6.45, 7) is 3.69. The fourth-order valence-electron chi connectivity index (χ4n) is 1.67. The molecule has 2 atom stereocenters. The summed E-state index contributed by atoms with van der Waals surface area (Å²) in [6.07, 6.45) is 0.468. The monoisotopic (exact) mass is 206 g/mol. The molecular weight excluding hydrogens is 188 g/mol. The minimum atomic E-state index is -0.278. The van der Waals surface area contributed by atoms with E-state index in [-0.39, 0.29) is 11.9 Å². The summed E-state index contributed by atoms with van der Waals surface area (Å²) < 4.78 is 5.15. The number of benzene rings is 1. The zero-order valence-corrected chi connectivity index (χ0v) is 9.57. The van der Waals surface area contributed by atoms with Gasteiger partial charge in [-0.1, -0.05) is 37.3 Å². The number of hydrogen-bond donors (Lipinski definition) is 0. The third kappa shape index (κ3) is 3.48. The maximum absolute atomic E-state index is 11.2. The van der Waals surface area contributed by atoms with Crippen LogP contribution in [0.4, 0.5) is 0 Å². The summed E-state index contributed by atoms with van der Waals surface area (Å²) in [7, 11) is 1.59. The highest BCUT2D eigenvalue weighted by atomic mass is 16.5. The number of ketones is 1. The molecule has 0 amide bonds. The molecule has 15 heavy (non-hydrogen) atoms. The molecular formula is C13H18O2. The first kappa shape index (κ1) is 11.9. The van der Waals surface area contributed by atoms with E-state index < -0.39 is 0 Å². The van der Waals surface area contributed by atoms with Crippen LogP contribution in [-0.4, -0.2) is 19.0 Å². The van der Waals surface area contributed by atoms with Gasteiger partial charge in [0.25, 0.3) is 0 Å². The van der Waals surface area contributed by atoms with Crippen LogP contribution >= 0.6 is 0 Å². The van der Waals surface area contributed by atoms with E-state index in [0.717, 1.165) is 6.42 Å². The summed E-state index contributed by atoms with van der Waals surface area (Å²) in [5.74, 6) is 0.445. The Kier molecular flexibility index (Phi) is 4.50. The van der Waals surface area contributed by atoms with Crippen LogP contribution in [0, 0.1) is 0 Å². The molecule has 0 aliphatic rings. The van der Waals surface area contributed by atoms with Gasteiger partial charge < -0.3 is 4.74 Å². The van der Waals surface area contributed by atoms with Gasteiger partial charge in [0, 0.05) is 7.11 Å². The molecule has 0 fully saturated rings. The molecule has 0 radical (unpaired) electrons. The standard InChI is InChI=1S/C13H18O2/c1-10(9-13(15-3)11(2)14)12-7-5-4-6-8-12/h4-8,10,13H,9H2,1-3H3. The van der Waals surface area contributed by atoms with Crippen molar-refractivity contribution in [2.75, 3.05) is 7.11 Å². The lowest BCUT2D eigenvalue weighted by Gasteiger charge is -2.17. The lowest BCUT2D eigenvalue weighted by Crippen LogP contribution is -2.22. The molecule has 0 aliphatic heterocycles. The van der Waals surface area contributed by atoms with Crippen LogP contribution < -0.4 is 0 Å². The van der Waals surface area contributed by atoms with E-state index in [1.807, 2.05) is 18.2 Å². The van der Waals surface area contributed by atoms with Crippen LogP contribution in [0.5, 0.6) is 0 Å². The van der Waals surface area contributed by atoms with E-state index in [1.54, 1.807) is 14.0 Å². The van der Waals surface area contributed by atoms with Crippen LogP contribution in [-0.2, 0) is 9.53 Å². The number of Topliss-reactive ketones (excluding diaryl/α,β-unsaturated/α-hetero) is 1. The zero-order valence-electron chi connectivity index (χ0n) is 9.57. The summed E-state index contributed by atoms with van der Waals surface area (Å²) in [4.78, 5) is 11.2. The Bertz CT molecular complexity index is 306. The maximum atomic E-state index is 11.2. The van der Waals surface area contributed by atoms with Gasteiger partial charge in [0.1, 0.15) is 6.10 Å².